The first-order valence-electron chi connectivity index (χ1n) is 10.6. The van der Waals surface area contributed by atoms with Crippen molar-refractivity contribution in [2.75, 3.05) is 18.4 Å². The lowest BCUT2D eigenvalue weighted by atomic mass is 9.88. The van der Waals surface area contributed by atoms with E-state index in [1.165, 1.54) is 11.2 Å². The molecule has 1 fully saturated rings. The number of alkyl halides is 3. The number of nitrogens with one attached hydrogen (secondary N) is 1. The minimum Gasteiger partial charge on any atom is -0.324 e. The Kier molecular flexibility index (Phi) is 6.93. The fraction of sp³-hybridized carbons (Fsp3) is 0.435. The minimum absolute atomic E-state index is 0.0111. The third kappa shape index (κ3) is 5.39. The molecule has 0 saturated carbocycles. The van der Waals surface area contributed by atoms with Crippen LogP contribution in [0.4, 0.5) is 18.9 Å². The lowest BCUT2D eigenvalue weighted by Crippen LogP contribution is -2.58. The van der Waals surface area contributed by atoms with E-state index in [0.717, 1.165) is 23.8 Å². The lowest BCUT2D eigenvalue weighted by molar-refractivity contribution is -0.137. The van der Waals surface area contributed by atoms with Crippen LogP contribution in [0.2, 0.25) is 0 Å². The Morgan fingerprint density at radius 1 is 1.09 bits per heavy atom. The number of benzene rings is 2. The third-order valence-electron chi connectivity index (χ3n) is 6.02. The average molecular weight is 484 g/mol. The second-order valence-electron chi connectivity index (χ2n) is 8.77. The van der Waals surface area contributed by atoms with Crippen molar-refractivity contribution in [3.05, 3.63) is 59.2 Å². The molecule has 33 heavy (non-hydrogen) atoms. The van der Waals surface area contributed by atoms with Crippen LogP contribution in [-0.4, -0.2) is 37.3 Å². The summed E-state index contributed by atoms with van der Waals surface area (Å²) >= 11 is 0. The maximum Gasteiger partial charge on any atom is 0.416 e. The predicted octanol–water partition coefficient (Wildman–Crippen LogP) is 4.26. The van der Waals surface area contributed by atoms with Crippen molar-refractivity contribution in [2.24, 2.45) is 5.73 Å². The standard InChI is InChI=1S/C23H28F3N3O3S/c1-15(2)17-4-7-19(8-5-17)28-21(30)22(27)10-12-29(13-11-22)33(31,32)20-9-6-18(14-16(20)3)23(24,25)26/h4-9,14-15H,10-13,27H2,1-3H3,(H,28,30). The number of hydrogen-bond donors (Lipinski definition) is 2. The van der Waals surface area contributed by atoms with Crippen LogP contribution in [0.15, 0.2) is 47.4 Å². The van der Waals surface area contributed by atoms with E-state index in [1.54, 1.807) is 12.1 Å². The second-order valence-corrected chi connectivity index (χ2v) is 10.7. The van der Waals surface area contributed by atoms with Gasteiger partial charge in [0.2, 0.25) is 15.9 Å². The molecule has 180 valence electrons. The predicted molar refractivity (Wildman–Crippen MR) is 120 cm³/mol. The molecule has 1 saturated heterocycles. The van der Waals surface area contributed by atoms with Crippen molar-refractivity contribution in [3.63, 3.8) is 0 Å². The number of hydrogen-bond acceptors (Lipinski definition) is 4. The summed E-state index contributed by atoms with van der Waals surface area (Å²) in [6, 6.07) is 9.99. The molecule has 0 radical (unpaired) electrons. The van der Waals surface area contributed by atoms with Gasteiger partial charge in [0.25, 0.3) is 0 Å². The summed E-state index contributed by atoms with van der Waals surface area (Å²) in [5.74, 6) is -0.0438. The zero-order valence-electron chi connectivity index (χ0n) is 18.7. The van der Waals surface area contributed by atoms with Gasteiger partial charge in [-0.05, 0) is 67.1 Å². The molecule has 0 aliphatic carbocycles. The van der Waals surface area contributed by atoms with Gasteiger partial charge in [-0.2, -0.15) is 17.5 Å². The number of piperidine rings is 1. The summed E-state index contributed by atoms with van der Waals surface area (Å²) < 4.78 is 66.0. The van der Waals surface area contributed by atoms with Crippen LogP contribution in [0.3, 0.4) is 0 Å². The average Bonchev–Trinajstić information content (AvgIpc) is 2.73. The van der Waals surface area contributed by atoms with Gasteiger partial charge in [-0.25, -0.2) is 8.42 Å². The van der Waals surface area contributed by atoms with Crippen LogP contribution in [0.5, 0.6) is 0 Å². The highest BCUT2D eigenvalue weighted by Gasteiger charge is 2.41. The smallest absolute Gasteiger partial charge is 0.324 e. The van der Waals surface area contributed by atoms with Crippen LogP contribution in [-0.2, 0) is 21.0 Å². The topological polar surface area (TPSA) is 92.5 Å². The van der Waals surface area contributed by atoms with E-state index in [2.05, 4.69) is 19.2 Å². The molecule has 6 nitrogen and oxygen atoms in total. The molecule has 0 atom stereocenters. The molecule has 0 spiro atoms. The van der Waals surface area contributed by atoms with Gasteiger partial charge in [-0.3, -0.25) is 4.79 Å². The summed E-state index contributed by atoms with van der Waals surface area (Å²) in [6.45, 7) is 5.43. The zero-order valence-corrected chi connectivity index (χ0v) is 19.6. The Labute approximate surface area is 192 Å². The Bertz CT molecular complexity index is 1120. The number of rotatable bonds is 5. The highest BCUT2D eigenvalue weighted by molar-refractivity contribution is 7.89. The van der Waals surface area contributed by atoms with Gasteiger partial charge in [0.05, 0.1) is 16.0 Å². The molecule has 3 rings (SSSR count). The number of aryl methyl sites for hydroxylation is 1. The SMILES string of the molecule is Cc1cc(C(F)(F)F)ccc1S(=O)(=O)N1CCC(N)(C(=O)Nc2ccc(C(C)C)cc2)CC1. The molecule has 0 unspecified atom stereocenters. The van der Waals surface area contributed by atoms with Gasteiger partial charge < -0.3 is 11.1 Å². The summed E-state index contributed by atoms with van der Waals surface area (Å²) in [7, 11) is -4.02. The fourth-order valence-electron chi connectivity index (χ4n) is 3.81. The first-order chi connectivity index (χ1) is 15.2. The quantitative estimate of drug-likeness (QED) is 0.665. The van der Waals surface area contributed by atoms with Crippen molar-refractivity contribution in [3.8, 4) is 0 Å². The third-order valence-corrected chi connectivity index (χ3v) is 8.08. The molecular weight excluding hydrogens is 455 g/mol. The van der Waals surface area contributed by atoms with Crippen LogP contribution < -0.4 is 11.1 Å². The molecule has 0 bridgehead atoms. The molecule has 1 aliphatic rings. The molecule has 1 amide bonds. The van der Waals surface area contributed by atoms with Crippen molar-refractivity contribution in [2.45, 2.75) is 56.1 Å². The maximum absolute atomic E-state index is 13.0. The van der Waals surface area contributed by atoms with Gasteiger partial charge in [0.15, 0.2) is 0 Å². The van der Waals surface area contributed by atoms with Gasteiger partial charge in [-0.1, -0.05) is 26.0 Å². The Hall–Kier alpha value is -2.43. The maximum atomic E-state index is 13.0. The summed E-state index contributed by atoms with van der Waals surface area (Å²) in [6.07, 6.45) is -4.39. The van der Waals surface area contributed by atoms with Crippen molar-refractivity contribution in [1.29, 1.82) is 0 Å². The normalized spacial score (nSPS) is 17.2. The monoisotopic (exact) mass is 483 g/mol. The minimum atomic E-state index is -4.56. The van der Waals surface area contributed by atoms with E-state index in [0.29, 0.717) is 11.6 Å². The fourth-order valence-corrected chi connectivity index (χ4v) is 5.46. The number of anilines is 1. The number of carbonyl (C=O) groups excluding carboxylic acids is 1. The van der Waals surface area contributed by atoms with E-state index in [9.17, 15) is 26.4 Å². The van der Waals surface area contributed by atoms with E-state index >= 15 is 0 Å². The van der Waals surface area contributed by atoms with Crippen LogP contribution in [0.1, 0.15) is 49.3 Å². The second kappa shape index (κ2) is 9.08. The van der Waals surface area contributed by atoms with Crippen molar-refractivity contribution in [1.82, 2.24) is 4.31 Å². The van der Waals surface area contributed by atoms with E-state index in [4.69, 9.17) is 5.73 Å². The van der Waals surface area contributed by atoms with Crippen molar-refractivity contribution >= 4 is 21.6 Å². The molecule has 0 aromatic heterocycles. The lowest BCUT2D eigenvalue weighted by Gasteiger charge is -2.37. The van der Waals surface area contributed by atoms with E-state index in [1.807, 2.05) is 12.1 Å². The van der Waals surface area contributed by atoms with E-state index < -0.39 is 33.2 Å². The molecule has 1 heterocycles. The van der Waals surface area contributed by atoms with Crippen LogP contribution in [0.25, 0.3) is 0 Å². The van der Waals surface area contributed by atoms with Crippen LogP contribution >= 0.6 is 0 Å². The summed E-state index contributed by atoms with van der Waals surface area (Å²) in [5, 5.41) is 2.79. The number of nitrogens with zero attached hydrogens (tertiary/aromatic N) is 1. The Morgan fingerprint density at radius 2 is 1.67 bits per heavy atom. The first kappa shape index (κ1) is 25.2. The number of sulfonamides is 1. The van der Waals surface area contributed by atoms with Crippen molar-refractivity contribution < 1.29 is 26.4 Å². The molecule has 2 aromatic carbocycles. The molecule has 1 aliphatic heterocycles. The van der Waals surface area contributed by atoms with Gasteiger partial charge in [0, 0.05) is 18.8 Å². The molecule has 2 aromatic rings. The van der Waals surface area contributed by atoms with Crippen LogP contribution in [0, 0.1) is 6.92 Å². The zero-order chi connectivity index (χ0) is 24.6. The summed E-state index contributed by atoms with van der Waals surface area (Å²) in [4.78, 5) is 12.6. The number of amides is 1. The van der Waals surface area contributed by atoms with Gasteiger partial charge in [0.1, 0.15) is 0 Å². The summed E-state index contributed by atoms with van der Waals surface area (Å²) in [5.41, 5.74) is 5.90. The number of halogens is 3. The van der Waals surface area contributed by atoms with Gasteiger partial charge in [-0.15, -0.1) is 0 Å². The highest BCUT2D eigenvalue weighted by Crippen LogP contribution is 2.33. The molecular formula is C23H28F3N3O3S. The largest absolute Gasteiger partial charge is 0.416 e. The number of nitrogens with two attached hydrogens (primary N) is 1. The molecule has 3 N–H and O–H groups in total. The Balaban J connectivity index is 1.69. The first-order valence-corrected chi connectivity index (χ1v) is 12.1. The highest BCUT2D eigenvalue weighted by atomic mass is 32.2. The van der Waals surface area contributed by atoms with E-state index in [-0.39, 0.29) is 36.4 Å². The Morgan fingerprint density at radius 3 is 2.15 bits per heavy atom. The van der Waals surface area contributed by atoms with Gasteiger partial charge >= 0.3 is 6.18 Å². The number of carbonyl (C=O) groups is 1. The molecule has 10 heteroatoms.